The second-order valence-corrected chi connectivity index (χ2v) is 7.00. The molecule has 6 heteroatoms. The molecule has 2 heterocycles. The maximum Gasteiger partial charge on any atom is 0.228 e. The molecule has 3 N–H and O–H groups in total. The normalized spacial score (nSPS) is 22.0. The summed E-state index contributed by atoms with van der Waals surface area (Å²) in [5.74, 6) is 1.97. The molecule has 3 rings (SSSR count). The Hall–Kier alpha value is -1.95. The summed E-state index contributed by atoms with van der Waals surface area (Å²) >= 11 is 0. The van der Waals surface area contributed by atoms with E-state index in [1.807, 2.05) is 4.68 Å². The van der Waals surface area contributed by atoms with Crippen LogP contribution in [0.3, 0.4) is 0 Å². The van der Waals surface area contributed by atoms with Crippen LogP contribution in [0.5, 0.6) is 0 Å². The highest BCUT2D eigenvalue weighted by atomic mass is 15.4. The molecule has 1 aliphatic rings. The van der Waals surface area contributed by atoms with Crippen molar-refractivity contribution >= 4 is 11.8 Å². The lowest BCUT2D eigenvalue weighted by molar-refractivity contribution is 0.356. The Morgan fingerprint density at radius 3 is 2.55 bits per heavy atom. The summed E-state index contributed by atoms with van der Waals surface area (Å²) in [5, 5.41) is 8.12. The van der Waals surface area contributed by atoms with Gasteiger partial charge in [-0.25, -0.2) is 14.6 Å². The summed E-state index contributed by atoms with van der Waals surface area (Å²) in [6.45, 7) is 6.42. The fraction of sp³-hybridized carbons (Fsp3) is 0.562. The molecule has 0 bridgehead atoms. The van der Waals surface area contributed by atoms with Gasteiger partial charge in [-0.05, 0) is 46.1 Å². The Balaban J connectivity index is 1.92. The summed E-state index contributed by atoms with van der Waals surface area (Å²) in [6.07, 6.45) is 6.66. The molecule has 118 valence electrons. The van der Waals surface area contributed by atoms with Crippen molar-refractivity contribution in [3.05, 3.63) is 30.2 Å². The van der Waals surface area contributed by atoms with Crippen molar-refractivity contribution in [2.45, 2.75) is 57.5 Å². The van der Waals surface area contributed by atoms with Gasteiger partial charge in [0.1, 0.15) is 5.82 Å². The van der Waals surface area contributed by atoms with Crippen LogP contribution in [0.4, 0.5) is 11.8 Å². The lowest BCUT2D eigenvalue weighted by Crippen LogP contribution is -2.25. The van der Waals surface area contributed by atoms with E-state index in [-0.39, 0.29) is 5.54 Å². The number of nitrogens with one attached hydrogen (secondary N) is 1. The van der Waals surface area contributed by atoms with Crippen LogP contribution in [-0.4, -0.2) is 25.8 Å². The zero-order valence-corrected chi connectivity index (χ0v) is 13.5. The molecule has 2 aromatic heterocycles. The fourth-order valence-corrected chi connectivity index (χ4v) is 2.96. The van der Waals surface area contributed by atoms with Crippen LogP contribution in [0.15, 0.2) is 24.5 Å². The zero-order valence-electron chi connectivity index (χ0n) is 13.5. The van der Waals surface area contributed by atoms with Gasteiger partial charge < -0.3 is 11.1 Å². The number of nitrogens with two attached hydrogens (primary N) is 1. The molecule has 2 aromatic rings. The van der Waals surface area contributed by atoms with Crippen molar-refractivity contribution in [2.24, 2.45) is 5.73 Å². The lowest BCUT2D eigenvalue weighted by Gasteiger charge is -2.22. The van der Waals surface area contributed by atoms with Gasteiger partial charge in [0.15, 0.2) is 0 Å². The summed E-state index contributed by atoms with van der Waals surface area (Å²) < 4.78 is 2.02. The van der Waals surface area contributed by atoms with Crippen molar-refractivity contribution < 1.29 is 0 Å². The van der Waals surface area contributed by atoms with Crippen molar-refractivity contribution in [2.75, 3.05) is 5.32 Å². The van der Waals surface area contributed by atoms with E-state index in [0.29, 0.717) is 17.9 Å². The van der Waals surface area contributed by atoms with E-state index >= 15 is 0 Å². The SMILES string of the molecule is CC(C)(C)n1nc([C@H]2CC[C@@H](N)C2)cc1Nc1ncccn1. The molecule has 0 aromatic carbocycles. The lowest BCUT2D eigenvalue weighted by atomic mass is 10.0. The maximum absolute atomic E-state index is 6.05. The summed E-state index contributed by atoms with van der Waals surface area (Å²) in [5.41, 5.74) is 7.04. The van der Waals surface area contributed by atoms with E-state index in [4.69, 9.17) is 10.8 Å². The average Bonchev–Trinajstić information content (AvgIpc) is 3.06. The highest BCUT2D eigenvalue weighted by molar-refractivity contribution is 5.49. The number of aromatic nitrogens is 4. The first-order chi connectivity index (χ1) is 10.4. The van der Waals surface area contributed by atoms with E-state index in [1.54, 1.807) is 18.5 Å². The topological polar surface area (TPSA) is 81.7 Å². The second kappa shape index (κ2) is 5.68. The predicted octanol–water partition coefficient (Wildman–Crippen LogP) is 2.77. The Kier molecular flexibility index (Phi) is 3.87. The minimum atomic E-state index is -0.115. The highest BCUT2D eigenvalue weighted by Gasteiger charge is 2.28. The molecular weight excluding hydrogens is 276 g/mol. The van der Waals surface area contributed by atoms with E-state index in [2.05, 4.69) is 42.1 Å². The fourth-order valence-electron chi connectivity index (χ4n) is 2.96. The third-order valence-corrected chi connectivity index (χ3v) is 4.06. The Morgan fingerprint density at radius 2 is 1.95 bits per heavy atom. The molecular formula is C16H24N6. The molecule has 1 aliphatic carbocycles. The minimum absolute atomic E-state index is 0.115. The van der Waals surface area contributed by atoms with E-state index < -0.39 is 0 Å². The molecule has 6 nitrogen and oxygen atoms in total. The van der Waals surface area contributed by atoms with E-state index in [9.17, 15) is 0 Å². The third kappa shape index (κ3) is 3.11. The molecule has 1 saturated carbocycles. The van der Waals surface area contributed by atoms with Gasteiger partial charge in [0.05, 0.1) is 11.2 Å². The van der Waals surface area contributed by atoms with Crippen LogP contribution >= 0.6 is 0 Å². The standard InChI is InChI=1S/C16H24N6/c1-16(2,3)22-14(20-15-18-7-4-8-19-15)10-13(21-22)11-5-6-12(17)9-11/h4,7-8,10-12H,5-6,9,17H2,1-3H3,(H,18,19,20)/t11-,12+/m0/s1. The maximum atomic E-state index is 6.05. The highest BCUT2D eigenvalue weighted by Crippen LogP contribution is 2.35. The number of hydrogen-bond acceptors (Lipinski definition) is 5. The average molecular weight is 300 g/mol. The number of rotatable bonds is 3. The van der Waals surface area contributed by atoms with Crippen LogP contribution in [0, 0.1) is 0 Å². The van der Waals surface area contributed by atoms with Crippen molar-refractivity contribution in [3.63, 3.8) is 0 Å². The smallest absolute Gasteiger partial charge is 0.228 e. The predicted molar refractivity (Wildman–Crippen MR) is 87.1 cm³/mol. The molecule has 1 fully saturated rings. The van der Waals surface area contributed by atoms with Gasteiger partial charge in [0, 0.05) is 30.4 Å². The number of nitrogens with zero attached hydrogens (tertiary/aromatic N) is 4. The van der Waals surface area contributed by atoms with Gasteiger partial charge in [0.25, 0.3) is 0 Å². The van der Waals surface area contributed by atoms with Gasteiger partial charge >= 0.3 is 0 Å². The summed E-state index contributed by atoms with van der Waals surface area (Å²) in [6, 6.07) is 4.22. The monoisotopic (exact) mass is 300 g/mol. The molecule has 0 radical (unpaired) electrons. The number of hydrogen-bond donors (Lipinski definition) is 2. The van der Waals surface area contributed by atoms with Crippen LogP contribution in [0.1, 0.15) is 51.6 Å². The van der Waals surface area contributed by atoms with E-state index in [1.165, 1.54) is 0 Å². The minimum Gasteiger partial charge on any atom is -0.328 e. The van der Waals surface area contributed by atoms with Crippen LogP contribution in [0.2, 0.25) is 0 Å². The first-order valence-corrected chi connectivity index (χ1v) is 7.83. The number of anilines is 2. The van der Waals surface area contributed by atoms with Gasteiger partial charge in [-0.1, -0.05) is 0 Å². The van der Waals surface area contributed by atoms with Crippen LogP contribution in [-0.2, 0) is 5.54 Å². The molecule has 0 amide bonds. The van der Waals surface area contributed by atoms with Gasteiger partial charge in [-0.3, -0.25) is 0 Å². The summed E-state index contributed by atoms with van der Waals surface area (Å²) in [4.78, 5) is 8.47. The summed E-state index contributed by atoms with van der Waals surface area (Å²) in [7, 11) is 0. The molecule has 22 heavy (non-hydrogen) atoms. The molecule has 2 atom stereocenters. The van der Waals surface area contributed by atoms with Gasteiger partial charge in [-0.2, -0.15) is 5.10 Å². The van der Waals surface area contributed by atoms with Crippen LogP contribution in [0.25, 0.3) is 0 Å². The van der Waals surface area contributed by atoms with Crippen LogP contribution < -0.4 is 11.1 Å². The molecule has 0 unspecified atom stereocenters. The third-order valence-electron chi connectivity index (χ3n) is 4.06. The second-order valence-electron chi connectivity index (χ2n) is 7.00. The molecule has 0 saturated heterocycles. The molecule has 0 aliphatic heterocycles. The Morgan fingerprint density at radius 1 is 1.23 bits per heavy atom. The van der Waals surface area contributed by atoms with E-state index in [0.717, 1.165) is 30.8 Å². The Labute approximate surface area is 131 Å². The zero-order chi connectivity index (χ0) is 15.7. The first-order valence-electron chi connectivity index (χ1n) is 7.83. The molecule has 0 spiro atoms. The Bertz CT molecular complexity index is 628. The van der Waals surface area contributed by atoms with Gasteiger partial charge in [-0.15, -0.1) is 0 Å². The first kappa shape index (κ1) is 15.0. The van der Waals surface area contributed by atoms with Crippen molar-refractivity contribution in [3.8, 4) is 0 Å². The van der Waals surface area contributed by atoms with Crippen molar-refractivity contribution in [1.82, 2.24) is 19.7 Å². The van der Waals surface area contributed by atoms with Crippen molar-refractivity contribution in [1.29, 1.82) is 0 Å². The largest absolute Gasteiger partial charge is 0.328 e. The van der Waals surface area contributed by atoms with Gasteiger partial charge in [0.2, 0.25) is 5.95 Å². The quantitative estimate of drug-likeness (QED) is 0.911.